The smallest absolute Gasteiger partial charge is 0.274 e. The van der Waals surface area contributed by atoms with Crippen LogP contribution in [0.15, 0.2) is 42.6 Å². The minimum Gasteiger partial charge on any atom is -0.388 e. The summed E-state index contributed by atoms with van der Waals surface area (Å²) in [4.78, 5) is 15.8. The largest absolute Gasteiger partial charge is 0.388 e. The third kappa shape index (κ3) is 2.82. The SMILES string of the molecule is CNc1ccnc(C(=O)Nc2ccc(F)cc2)c1. The number of carbonyl (C=O) groups is 1. The number of nitrogens with zero attached hydrogens (tertiary/aromatic N) is 1. The van der Waals surface area contributed by atoms with Crippen LogP contribution in [-0.4, -0.2) is 17.9 Å². The molecule has 0 unspecified atom stereocenters. The number of amides is 1. The molecule has 0 radical (unpaired) electrons. The summed E-state index contributed by atoms with van der Waals surface area (Å²) in [6.45, 7) is 0. The molecule has 1 amide bonds. The molecule has 4 nitrogen and oxygen atoms in total. The van der Waals surface area contributed by atoms with Gasteiger partial charge in [-0.05, 0) is 36.4 Å². The van der Waals surface area contributed by atoms with Crippen LogP contribution in [0.4, 0.5) is 15.8 Å². The highest BCUT2D eigenvalue weighted by atomic mass is 19.1. The molecule has 1 heterocycles. The van der Waals surface area contributed by atoms with Crippen molar-refractivity contribution in [2.45, 2.75) is 0 Å². The molecule has 1 aromatic heterocycles. The Bertz CT molecular complexity index is 554. The minimum atomic E-state index is -0.344. The fourth-order valence-electron chi connectivity index (χ4n) is 1.44. The van der Waals surface area contributed by atoms with Gasteiger partial charge in [-0.2, -0.15) is 0 Å². The number of benzene rings is 1. The van der Waals surface area contributed by atoms with Crippen LogP contribution in [0, 0.1) is 5.82 Å². The lowest BCUT2D eigenvalue weighted by Crippen LogP contribution is -2.13. The van der Waals surface area contributed by atoms with Crippen LogP contribution in [0.5, 0.6) is 0 Å². The number of pyridine rings is 1. The molecule has 2 rings (SSSR count). The van der Waals surface area contributed by atoms with Crippen LogP contribution in [0.25, 0.3) is 0 Å². The van der Waals surface area contributed by atoms with Gasteiger partial charge in [-0.25, -0.2) is 4.39 Å². The molecule has 92 valence electrons. The van der Waals surface area contributed by atoms with E-state index in [4.69, 9.17) is 0 Å². The number of anilines is 2. The van der Waals surface area contributed by atoms with Crippen molar-refractivity contribution in [2.75, 3.05) is 17.7 Å². The Hall–Kier alpha value is -2.43. The summed E-state index contributed by atoms with van der Waals surface area (Å²) < 4.78 is 12.7. The van der Waals surface area contributed by atoms with Gasteiger partial charge in [0.1, 0.15) is 11.5 Å². The molecule has 0 aliphatic heterocycles. The number of halogens is 1. The molecular weight excluding hydrogens is 233 g/mol. The second-order valence-corrected chi connectivity index (χ2v) is 3.64. The fraction of sp³-hybridized carbons (Fsp3) is 0.0769. The van der Waals surface area contributed by atoms with Gasteiger partial charge in [-0.3, -0.25) is 9.78 Å². The zero-order valence-corrected chi connectivity index (χ0v) is 9.77. The molecule has 2 N–H and O–H groups in total. The van der Waals surface area contributed by atoms with Crippen LogP contribution in [0.1, 0.15) is 10.5 Å². The Morgan fingerprint density at radius 3 is 2.56 bits per heavy atom. The number of carbonyl (C=O) groups excluding carboxylic acids is 1. The number of nitrogens with one attached hydrogen (secondary N) is 2. The van der Waals surface area contributed by atoms with Gasteiger partial charge in [0.15, 0.2) is 0 Å². The van der Waals surface area contributed by atoms with E-state index in [-0.39, 0.29) is 11.7 Å². The minimum absolute atomic E-state index is 0.297. The maximum atomic E-state index is 12.7. The van der Waals surface area contributed by atoms with Gasteiger partial charge in [0, 0.05) is 24.6 Å². The molecule has 0 saturated heterocycles. The van der Waals surface area contributed by atoms with Gasteiger partial charge < -0.3 is 10.6 Å². The van der Waals surface area contributed by atoms with Crippen LogP contribution < -0.4 is 10.6 Å². The predicted molar refractivity (Wildman–Crippen MR) is 68.1 cm³/mol. The van der Waals surface area contributed by atoms with E-state index < -0.39 is 0 Å². The fourth-order valence-corrected chi connectivity index (χ4v) is 1.44. The molecule has 0 aliphatic carbocycles. The van der Waals surface area contributed by atoms with E-state index in [0.29, 0.717) is 11.4 Å². The molecular formula is C13H12FN3O. The first-order valence-electron chi connectivity index (χ1n) is 5.40. The Labute approximate surface area is 104 Å². The lowest BCUT2D eigenvalue weighted by atomic mass is 10.2. The second-order valence-electron chi connectivity index (χ2n) is 3.64. The Morgan fingerprint density at radius 1 is 1.17 bits per heavy atom. The first kappa shape index (κ1) is 12.0. The Kier molecular flexibility index (Phi) is 3.52. The Morgan fingerprint density at radius 2 is 1.89 bits per heavy atom. The van der Waals surface area contributed by atoms with Crippen LogP contribution in [-0.2, 0) is 0 Å². The van der Waals surface area contributed by atoms with Crippen molar-refractivity contribution < 1.29 is 9.18 Å². The van der Waals surface area contributed by atoms with Crippen molar-refractivity contribution in [3.8, 4) is 0 Å². The molecule has 1 aromatic carbocycles. The Balaban J connectivity index is 2.14. The summed E-state index contributed by atoms with van der Waals surface area (Å²) in [5.74, 6) is -0.679. The highest BCUT2D eigenvalue weighted by Gasteiger charge is 2.08. The predicted octanol–water partition coefficient (Wildman–Crippen LogP) is 2.51. The molecule has 2 aromatic rings. The van der Waals surface area contributed by atoms with Gasteiger partial charge >= 0.3 is 0 Å². The zero-order valence-electron chi connectivity index (χ0n) is 9.77. The second kappa shape index (κ2) is 5.27. The standard InChI is InChI=1S/C13H12FN3O/c1-15-11-6-7-16-12(8-11)13(18)17-10-4-2-9(14)3-5-10/h2-8H,1H3,(H,15,16)(H,17,18). The molecule has 0 fully saturated rings. The molecule has 0 saturated carbocycles. The van der Waals surface area contributed by atoms with E-state index in [9.17, 15) is 9.18 Å². The third-order valence-corrected chi connectivity index (χ3v) is 2.38. The van der Waals surface area contributed by atoms with Gasteiger partial charge in [0.2, 0.25) is 0 Å². The lowest BCUT2D eigenvalue weighted by Gasteiger charge is -2.06. The first-order valence-corrected chi connectivity index (χ1v) is 5.40. The monoisotopic (exact) mass is 245 g/mol. The van der Waals surface area contributed by atoms with E-state index in [2.05, 4.69) is 15.6 Å². The van der Waals surface area contributed by atoms with Crippen LogP contribution in [0.2, 0.25) is 0 Å². The molecule has 0 atom stereocenters. The van der Waals surface area contributed by atoms with E-state index in [1.165, 1.54) is 24.3 Å². The van der Waals surface area contributed by atoms with Crippen LogP contribution >= 0.6 is 0 Å². The van der Waals surface area contributed by atoms with E-state index in [1.54, 1.807) is 25.4 Å². The van der Waals surface area contributed by atoms with Crippen molar-refractivity contribution in [3.63, 3.8) is 0 Å². The number of hydrogen-bond acceptors (Lipinski definition) is 3. The zero-order chi connectivity index (χ0) is 13.0. The summed E-state index contributed by atoms with van der Waals surface area (Å²) in [5, 5.41) is 5.56. The number of aromatic nitrogens is 1. The average Bonchev–Trinajstić information content (AvgIpc) is 2.41. The topological polar surface area (TPSA) is 54.0 Å². The quantitative estimate of drug-likeness (QED) is 0.873. The first-order chi connectivity index (χ1) is 8.69. The lowest BCUT2D eigenvalue weighted by molar-refractivity contribution is 0.102. The summed E-state index contributed by atoms with van der Waals surface area (Å²) in [6, 6.07) is 8.96. The van der Waals surface area contributed by atoms with E-state index in [0.717, 1.165) is 5.69 Å². The summed E-state index contributed by atoms with van der Waals surface area (Å²) in [7, 11) is 1.76. The van der Waals surface area contributed by atoms with Crippen molar-refractivity contribution in [1.29, 1.82) is 0 Å². The van der Waals surface area contributed by atoms with Gasteiger partial charge in [0.05, 0.1) is 0 Å². The average molecular weight is 245 g/mol. The van der Waals surface area contributed by atoms with E-state index in [1.807, 2.05) is 0 Å². The van der Waals surface area contributed by atoms with Gasteiger partial charge in [-0.1, -0.05) is 0 Å². The molecule has 0 spiro atoms. The van der Waals surface area contributed by atoms with Crippen molar-refractivity contribution >= 4 is 17.3 Å². The van der Waals surface area contributed by atoms with Crippen LogP contribution in [0.3, 0.4) is 0 Å². The van der Waals surface area contributed by atoms with Gasteiger partial charge in [-0.15, -0.1) is 0 Å². The van der Waals surface area contributed by atoms with Crippen molar-refractivity contribution in [2.24, 2.45) is 0 Å². The number of hydrogen-bond donors (Lipinski definition) is 2. The molecule has 5 heteroatoms. The molecule has 18 heavy (non-hydrogen) atoms. The normalized spacial score (nSPS) is 9.89. The maximum absolute atomic E-state index is 12.7. The summed E-state index contributed by atoms with van der Waals surface area (Å²) in [6.07, 6.45) is 1.55. The molecule has 0 bridgehead atoms. The van der Waals surface area contributed by atoms with E-state index >= 15 is 0 Å². The highest BCUT2D eigenvalue weighted by molar-refractivity contribution is 6.03. The number of rotatable bonds is 3. The van der Waals surface area contributed by atoms with Gasteiger partial charge in [0.25, 0.3) is 5.91 Å². The maximum Gasteiger partial charge on any atom is 0.274 e. The molecule has 0 aliphatic rings. The summed E-state index contributed by atoms with van der Waals surface area (Å²) in [5.41, 5.74) is 1.62. The van der Waals surface area contributed by atoms with Crippen molar-refractivity contribution in [3.05, 3.63) is 54.1 Å². The third-order valence-electron chi connectivity index (χ3n) is 2.38. The van der Waals surface area contributed by atoms with Crippen molar-refractivity contribution in [1.82, 2.24) is 4.98 Å². The summed E-state index contributed by atoms with van der Waals surface area (Å²) >= 11 is 0. The highest BCUT2D eigenvalue weighted by Crippen LogP contribution is 2.11.